The zero-order valence-electron chi connectivity index (χ0n) is 9.16. The van der Waals surface area contributed by atoms with E-state index in [1.54, 1.807) is 4.68 Å². The summed E-state index contributed by atoms with van der Waals surface area (Å²) in [5, 5.41) is 16.3. The number of aliphatic hydroxyl groups is 1. The highest BCUT2D eigenvalue weighted by molar-refractivity contribution is 5.29. The van der Waals surface area contributed by atoms with Crippen molar-refractivity contribution in [1.82, 2.24) is 15.1 Å². The van der Waals surface area contributed by atoms with Gasteiger partial charge in [0.2, 0.25) is 5.88 Å². The van der Waals surface area contributed by atoms with E-state index in [1.165, 1.54) is 0 Å². The number of rotatable bonds is 4. The molecule has 0 aromatic carbocycles. The van der Waals surface area contributed by atoms with Crippen molar-refractivity contribution in [2.45, 2.75) is 26.5 Å². The molecular formula is C10H17N3O2. The molecule has 1 aromatic heterocycles. The zero-order valence-corrected chi connectivity index (χ0v) is 9.16. The lowest BCUT2D eigenvalue weighted by molar-refractivity contribution is 0.133. The van der Waals surface area contributed by atoms with Gasteiger partial charge in [-0.3, -0.25) is 4.68 Å². The number of nitrogens with one attached hydrogen (secondary N) is 1. The maximum atomic E-state index is 8.87. The Morgan fingerprint density at radius 1 is 1.53 bits per heavy atom. The summed E-state index contributed by atoms with van der Waals surface area (Å²) in [6.45, 7) is 6.41. The molecule has 2 heterocycles. The Morgan fingerprint density at radius 2 is 2.27 bits per heavy atom. The average molecular weight is 211 g/mol. The summed E-state index contributed by atoms with van der Waals surface area (Å²) in [4.78, 5) is 0. The summed E-state index contributed by atoms with van der Waals surface area (Å²) >= 11 is 0. The number of ether oxygens (including phenoxy) is 1. The highest BCUT2D eigenvalue weighted by Gasteiger charge is 2.21. The minimum Gasteiger partial charge on any atom is -0.470 e. The van der Waals surface area contributed by atoms with Gasteiger partial charge >= 0.3 is 0 Å². The van der Waals surface area contributed by atoms with Crippen molar-refractivity contribution in [2.75, 3.05) is 19.7 Å². The Kier molecular flexibility index (Phi) is 2.93. The molecule has 1 aliphatic rings. The summed E-state index contributed by atoms with van der Waals surface area (Å²) in [7, 11) is 0. The highest BCUT2D eigenvalue weighted by Crippen LogP contribution is 2.21. The van der Waals surface area contributed by atoms with Gasteiger partial charge in [0.1, 0.15) is 6.10 Å². The molecule has 0 bridgehead atoms. The Hall–Kier alpha value is -1.07. The first-order valence-corrected chi connectivity index (χ1v) is 5.24. The van der Waals surface area contributed by atoms with Crippen molar-refractivity contribution in [3.05, 3.63) is 11.3 Å². The van der Waals surface area contributed by atoms with E-state index in [-0.39, 0.29) is 12.7 Å². The van der Waals surface area contributed by atoms with Gasteiger partial charge in [-0.15, -0.1) is 5.10 Å². The minimum absolute atomic E-state index is 0.104. The third-order valence-electron chi connectivity index (χ3n) is 2.80. The molecule has 1 aromatic rings. The summed E-state index contributed by atoms with van der Waals surface area (Å²) in [5.41, 5.74) is 2.13. The predicted octanol–water partition coefficient (Wildman–Crippen LogP) is -0.157. The van der Waals surface area contributed by atoms with Gasteiger partial charge in [0, 0.05) is 24.3 Å². The van der Waals surface area contributed by atoms with Gasteiger partial charge in [0.25, 0.3) is 0 Å². The molecule has 1 aliphatic heterocycles. The molecule has 5 heteroatoms. The summed E-state index contributed by atoms with van der Waals surface area (Å²) in [6.07, 6.45) is 0.251. The van der Waals surface area contributed by atoms with Gasteiger partial charge in [-0.25, -0.2) is 0 Å². The van der Waals surface area contributed by atoms with E-state index < -0.39 is 0 Å². The fraction of sp³-hybridized carbons (Fsp3) is 0.700. The normalized spacial score (nSPS) is 16.5. The van der Waals surface area contributed by atoms with E-state index in [0.29, 0.717) is 12.4 Å². The first kappa shape index (κ1) is 10.4. The number of aliphatic hydroxyl groups excluding tert-OH is 1. The van der Waals surface area contributed by atoms with Crippen molar-refractivity contribution in [3.8, 4) is 5.88 Å². The van der Waals surface area contributed by atoms with E-state index in [2.05, 4.69) is 10.4 Å². The second-order valence-electron chi connectivity index (χ2n) is 3.86. The highest BCUT2D eigenvalue weighted by atomic mass is 16.5. The summed E-state index contributed by atoms with van der Waals surface area (Å²) in [5.74, 6) is 0.701. The van der Waals surface area contributed by atoms with E-state index >= 15 is 0 Å². The molecule has 0 aliphatic carbocycles. The molecule has 0 radical (unpaired) electrons. The van der Waals surface area contributed by atoms with Crippen LogP contribution < -0.4 is 10.1 Å². The number of hydrogen-bond donors (Lipinski definition) is 2. The molecule has 1 saturated heterocycles. The SMILES string of the molecule is Cc1c(OC2CNC2)nn(CCO)c1C. The van der Waals surface area contributed by atoms with Crippen LogP contribution in [0.3, 0.4) is 0 Å². The molecule has 0 amide bonds. The lowest BCUT2D eigenvalue weighted by Crippen LogP contribution is -2.50. The monoisotopic (exact) mass is 211 g/mol. The number of nitrogens with zero attached hydrogens (tertiary/aromatic N) is 2. The third kappa shape index (κ3) is 1.98. The molecule has 1 fully saturated rings. The van der Waals surface area contributed by atoms with Crippen LogP contribution in [-0.4, -0.2) is 40.7 Å². The lowest BCUT2D eigenvalue weighted by Gasteiger charge is -2.26. The molecule has 0 atom stereocenters. The van der Waals surface area contributed by atoms with Gasteiger partial charge in [-0.05, 0) is 13.8 Å². The lowest BCUT2D eigenvalue weighted by atomic mass is 10.2. The van der Waals surface area contributed by atoms with Crippen molar-refractivity contribution in [3.63, 3.8) is 0 Å². The van der Waals surface area contributed by atoms with Crippen molar-refractivity contribution in [2.24, 2.45) is 0 Å². The molecule has 84 valence electrons. The van der Waals surface area contributed by atoms with Crippen LogP contribution >= 0.6 is 0 Å². The average Bonchev–Trinajstić information content (AvgIpc) is 2.41. The summed E-state index contributed by atoms with van der Waals surface area (Å²) < 4.78 is 7.50. The second kappa shape index (κ2) is 4.20. The van der Waals surface area contributed by atoms with Crippen LogP contribution in [0.5, 0.6) is 5.88 Å². The molecule has 0 unspecified atom stereocenters. The van der Waals surface area contributed by atoms with E-state index in [4.69, 9.17) is 9.84 Å². The molecule has 0 spiro atoms. The van der Waals surface area contributed by atoms with Crippen LogP contribution in [-0.2, 0) is 6.54 Å². The van der Waals surface area contributed by atoms with Gasteiger partial charge in [0.15, 0.2) is 0 Å². The molecule has 15 heavy (non-hydrogen) atoms. The standard InChI is InChI=1S/C10H17N3O2/c1-7-8(2)13(3-4-14)12-10(7)15-9-5-11-6-9/h9,11,14H,3-6H2,1-2H3. The molecular weight excluding hydrogens is 194 g/mol. The maximum Gasteiger partial charge on any atom is 0.236 e. The first-order valence-electron chi connectivity index (χ1n) is 5.24. The van der Waals surface area contributed by atoms with Crippen molar-refractivity contribution < 1.29 is 9.84 Å². The zero-order chi connectivity index (χ0) is 10.8. The first-order chi connectivity index (χ1) is 7.22. The van der Waals surface area contributed by atoms with Gasteiger partial charge < -0.3 is 15.2 Å². The van der Waals surface area contributed by atoms with Crippen molar-refractivity contribution in [1.29, 1.82) is 0 Å². The van der Waals surface area contributed by atoms with Crippen molar-refractivity contribution >= 4 is 0 Å². The maximum absolute atomic E-state index is 8.87. The van der Waals surface area contributed by atoms with Crippen LogP contribution in [0.25, 0.3) is 0 Å². The predicted molar refractivity (Wildman–Crippen MR) is 56.1 cm³/mol. The van der Waals surface area contributed by atoms with Crippen LogP contribution in [0.15, 0.2) is 0 Å². The molecule has 2 N–H and O–H groups in total. The number of hydrogen-bond acceptors (Lipinski definition) is 4. The Morgan fingerprint density at radius 3 is 2.80 bits per heavy atom. The van der Waals surface area contributed by atoms with Gasteiger partial charge in [-0.2, -0.15) is 0 Å². The Bertz CT molecular complexity index is 345. The largest absolute Gasteiger partial charge is 0.470 e. The molecule has 5 nitrogen and oxygen atoms in total. The smallest absolute Gasteiger partial charge is 0.236 e. The fourth-order valence-corrected chi connectivity index (χ4v) is 1.54. The van der Waals surface area contributed by atoms with E-state index in [9.17, 15) is 0 Å². The van der Waals surface area contributed by atoms with E-state index in [1.807, 2.05) is 13.8 Å². The summed E-state index contributed by atoms with van der Waals surface area (Å²) in [6, 6.07) is 0. The number of aromatic nitrogens is 2. The topological polar surface area (TPSA) is 59.3 Å². The quantitative estimate of drug-likeness (QED) is 0.726. The second-order valence-corrected chi connectivity index (χ2v) is 3.86. The fourth-order valence-electron chi connectivity index (χ4n) is 1.54. The van der Waals surface area contributed by atoms with Crippen LogP contribution in [0.1, 0.15) is 11.3 Å². The Balaban J connectivity index is 2.12. The van der Waals surface area contributed by atoms with Crippen LogP contribution in [0.2, 0.25) is 0 Å². The van der Waals surface area contributed by atoms with E-state index in [0.717, 1.165) is 24.3 Å². The Labute approximate surface area is 89.0 Å². The van der Waals surface area contributed by atoms with Gasteiger partial charge in [-0.1, -0.05) is 0 Å². The van der Waals surface area contributed by atoms with Crippen LogP contribution in [0.4, 0.5) is 0 Å². The third-order valence-corrected chi connectivity index (χ3v) is 2.80. The molecule has 2 rings (SSSR count). The molecule has 0 saturated carbocycles. The van der Waals surface area contributed by atoms with Gasteiger partial charge in [0.05, 0.1) is 13.2 Å². The minimum atomic E-state index is 0.104. The van der Waals surface area contributed by atoms with Crippen LogP contribution in [0, 0.1) is 13.8 Å².